The fourth-order valence-electron chi connectivity index (χ4n) is 4.68. The third kappa shape index (κ3) is 4.75. The number of hydrogen-bond donors (Lipinski definition) is 2. The van der Waals surface area contributed by atoms with Gasteiger partial charge < -0.3 is 15.4 Å². The summed E-state index contributed by atoms with van der Waals surface area (Å²) in [5, 5.41) is 0.686. The summed E-state index contributed by atoms with van der Waals surface area (Å²) in [7, 11) is 0. The minimum absolute atomic E-state index is 0.0840. The number of hydrogen-bond acceptors (Lipinski definition) is 7. The van der Waals surface area contributed by atoms with E-state index >= 15 is 0 Å². The van der Waals surface area contributed by atoms with Crippen LogP contribution in [-0.4, -0.2) is 39.6 Å². The van der Waals surface area contributed by atoms with Crippen molar-refractivity contribution < 1.29 is 14.3 Å². The lowest BCUT2D eigenvalue weighted by atomic mass is 10.0. The number of nitrogen functional groups attached to an aromatic ring is 1. The Kier molecular flexibility index (Phi) is 7.52. The highest BCUT2D eigenvalue weighted by atomic mass is 16.5. The third-order valence-electron chi connectivity index (χ3n) is 6.42. The molecule has 1 aromatic carbocycles. The fraction of sp³-hybridized carbons (Fsp3) is 0.423. The minimum atomic E-state index is -0.751. The zero-order chi connectivity index (χ0) is 25.8. The summed E-state index contributed by atoms with van der Waals surface area (Å²) >= 11 is 0. The largest absolute Gasteiger partial charge is 0.452 e. The van der Waals surface area contributed by atoms with E-state index in [1.54, 1.807) is 0 Å². The number of nitrogens with zero attached hydrogens (tertiary/aromatic N) is 3. The number of rotatable bonds is 9. The van der Waals surface area contributed by atoms with Gasteiger partial charge in [0.1, 0.15) is 5.82 Å². The van der Waals surface area contributed by atoms with Gasteiger partial charge in [0.05, 0.1) is 11.1 Å². The number of aromatic nitrogens is 3. The first-order valence-corrected chi connectivity index (χ1v) is 12.4. The Morgan fingerprint density at radius 3 is 2.69 bits per heavy atom. The standard InChI is InChI=1S/C26H31N5O5/c1-3-5-14-30(22-23(27)31(13-4-2)26(35)29-24(22)33)20(32)15-36-25(34)21-16-9-6-7-11-18(16)28-19-12-8-10-17(19)21/h6-7,9,11H,3-5,8,10,12-15,27H2,1-2H3,(H,29,33,35). The number of nitrogens with two attached hydrogens (primary N) is 1. The number of para-hydroxylation sites is 1. The average Bonchev–Trinajstić information content (AvgIpc) is 3.33. The summed E-state index contributed by atoms with van der Waals surface area (Å²) in [6.45, 7) is 3.73. The number of amides is 1. The van der Waals surface area contributed by atoms with Gasteiger partial charge in [-0.1, -0.05) is 38.5 Å². The van der Waals surface area contributed by atoms with Crippen molar-refractivity contribution in [3.05, 3.63) is 61.9 Å². The van der Waals surface area contributed by atoms with Crippen LogP contribution in [0.15, 0.2) is 33.9 Å². The first kappa shape index (κ1) is 25.2. The topological polar surface area (TPSA) is 140 Å². The lowest BCUT2D eigenvalue weighted by Gasteiger charge is -2.24. The lowest BCUT2D eigenvalue weighted by Crippen LogP contribution is -2.43. The number of unbranched alkanes of at least 4 members (excludes halogenated alkanes) is 1. The molecule has 0 spiro atoms. The maximum Gasteiger partial charge on any atom is 0.339 e. The SMILES string of the molecule is CCCCN(C(=O)COC(=O)c1c2c(nc3ccccc13)CCC2)c1c(N)n(CCC)c(=O)[nH]c1=O. The van der Waals surface area contributed by atoms with Crippen molar-refractivity contribution in [2.45, 2.75) is 58.9 Å². The molecule has 190 valence electrons. The van der Waals surface area contributed by atoms with Crippen molar-refractivity contribution in [2.75, 3.05) is 23.8 Å². The number of H-pyrrole nitrogens is 1. The summed E-state index contributed by atoms with van der Waals surface area (Å²) in [4.78, 5) is 59.6. The number of aromatic amines is 1. The maximum absolute atomic E-state index is 13.3. The van der Waals surface area contributed by atoms with E-state index in [1.807, 2.05) is 38.1 Å². The Morgan fingerprint density at radius 1 is 1.17 bits per heavy atom. The van der Waals surface area contributed by atoms with Crippen molar-refractivity contribution in [3.63, 3.8) is 0 Å². The van der Waals surface area contributed by atoms with Crippen molar-refractivity contribution in [3.8, 4) is 0 Å². The molecule has 10 nitrogen and oxygen atoms in total. The number of benzene rings is 1. The van der Waals surface area contributed by atoms with Gasteiger partial charge in [0.25, 0.3) is 11.5 Å². The molecule has 1 aliphatic rings. The van der Waals surface area contributed by atoms with Crippen molar-refractivity contribution in [2.24, 2.45) is 0 Å². The molecule has 36 heavy (non-hydrogen) atoms. The van der Waals surface area contributed by atoms with Gasteiger partial charge in [-0.15, -0.1) is 0 Å². The van der Waals surface area contributed by atoms with Gasteiger partial charge in [-0.3, -0.25) is 24.1 Å². The molecular weight excluding hydrogens is 462 g/mol. The van der Waals surface area contributed by atoms with E-state index in [0.717, 1.165) is 36.9 Å². The highest BCUT2D eigenvalue weighted by molar-refractivity contribution is 6.06. The van der Waals surface area contributed by atoms with Gasteiger partial charge in [-0.25, -0.2) is 9.59 Å². The summed E-state index contributed by atoms with van der Waals surface area (Å²) in [5.41, 5.74) is 7.59. The van der Waals surface area contributed by atoms with Crippen LogP contribution in [0.3, 0.4) is 0 Å². The van der Waals surface area contributed by atoms with Crippen LogP contribution in [0.5, 0.6) is 0 Å². The number of fused-ring (bicyclic) bond motifs is 2. The Morgan fingerprint density at radius 2 is 1.94 bits per heavy atom. The second-order valence-electron chi connectivity index (χ2n) is 8.90. The average molecular weight is 494 g/mol. The smallest absolute Gasteiger partial charge is 0.339 e. The summed E-state index contributed by atoms with van der Waals surface area (Å²) in [6.07, 6.45) is 4.37. The number of esters is 1. The molecule has 0 saturated heterocycles. The van der Waals surface area contributed by atoms with Gasteiger partial charge in [-0.05, 0) is 43.7 Å². The predicted molar refractivity (Wildman–Crippen MR) is 137 cm³/mol. The predicted octanol–water partition coefficient (Wildman–Crippen LogP) is 2.56. The monoisotopic (exact) mass is 493 g/mol. The Hall–Kier alpha value is -3.95. The van der Waals surface area contributed by atoms with Crippen LogP contribution in [-0.2, 0) is 28.9 Å². The van der Waals surface area contributed by atoms with Crippen LogP contribution in [0.1, 0.15) is 61.1 Å². The number of pyridine rings is 1. The Labute approximate surface area is 208 Å². The van der Waals surface area contributed by atoms with Crippen LogP contribution in [0.4, 0.5) is 11.5 Å². The zero-order valence-electron chi connectivity index (χ0n) is 20.6. The van der Waals surface area contributed by atoms with Crippen LogP contribution >= 0.6 is 0 Å². The van der Waals surface area contributed by atoms with Gasteiger partial charge in [0.2, 0.25) is 0 Å². The third-order valence-corrected chi connectivity index (χ3v) is 6.42. The molecule has 0 fully saturated rings. The van der Waals surface area contributed by atoms with Crippen molar-refractivity contribution >= 4 is 34.3 Å². The van der Waals surface area contributed by atoms with Crippen molar-refractivity contribution in [1.82, 2.24) is 14.5 Å². The van der Waals surface area contributed by atoms with Gasteiger partial charge in [-0.2, -0.15) is 0 Å². The molecule has 0 saturated carbocycles. The number of nitrogens with one attached hydrogen (secondary N) is 1. The minimum Gasteiger partial charge on any atom is -0.452 e. The highest BCUT2D eigenvalue weighted by Gasteiger charge is 2.28. The number of carbonyl (C=O) groups is 2. The molecule has 0 bridgehead atoms. The molecule has 3 aromatic rings. The molecule has 1 aliphatic carbocycles. The fourth-order valence-corrected chi connectivity index (χ4v) is 4.68. The molecule has 10 heteroatoms. The summed E-state index contributed by atoms with van der Waals surface area (Å²) in [6, 6.07) is 7.37. The number of anilines is 2. The first-order chi connectivity index (χ1) is 17.4. The lowest BCUT2D eigenvalue weighted by molar-refractivity contribution is -0.121. The van der Waals surface area contributed by atoms with E-state index in [0.29, 0.717) is 35.9 Å². The number of carbonyl (C=O) groups excluding carboxylic acids is 2. The van der Waals surface area contributed by atoms with Crippen molar-refractivity contribution in [1.29, 1.82) is 0 Å². The molecule has 1 amide bonds. The molecular formula is C26H31N5O5. The molecule has 0 aliphatic heterocycles. The number of ether oxygens (including phenoxy) is 1. The number of aryl methyl sites for hydroxylation is 1. The van der Waals surface area contributed by atoms with Gasteiger partial charge in [0, 0.05) is 24.2 Å². The molecule has 0 atom stereocenters. The molecule has 2 aromatic heterocycles. The molecule has 4 rings (SSSR count). The normalized spacial score (nSPS) is 12.5. The second-order valence-corrected chi connectivity index (χ2v) is 8.90. The Bertz CT molecular complexity index is 1420. The van der Waals surface area contributed by atoms with Crippen LogP contribution in [0, 0.1) is 0 Å². The van der Waals surface area contributed by atoms with Crippen LogP contribution in [0.25, 0.3) is 10.9 Å². The van der Waals surface area contributed by atoms with Crippen LogP contribution in [0.2, 0.25) is 0 Å². The molecule has 2 heterocycles. The molecule has 0 unspecified atom stereocenters. The van der Waals surface area contributed by atoms with Gasteiger partial charge >= 0.3 is 11.7 Å². The van der Waals surface area contributed by atoms with E-state index in [2.05, 4.69) is 9.97 Å². The molecule has 3 N–H and O–H groups in total. The van der Waals surface area contributed by atoms with E-state index in [9.17, 15) is 19.2 Å². The summed E-state index contributed by atoms with van der Waals surface area (Å²) in [5.74, 6) is -1.28. The van der Waals surface area contributed by atoms with E-state index in [4.69, 9.17) is 10.5 Å². The van der Waals surface area contributed by atoms with E-state index in [-0.39, 0.29) is 18.1 Å². The molecule has 0 radical (unpaired) electrons. The van der Waals surface area contributed by atoms with E-state index in [1.165, 1.54) is 9.47 Å². The first-order valence-electron chi connectivity index (χ1n) is 12.4. The quantitative estimate of drug-likeness (QED) is 0.437. The van der Waals surface area contributed by atoms with Crippen LogP contribution < -0.4 is 21.9 Å². The van der Waals surface area contributed by atoms with E-state index < -0.39 is 29.7 Å². The Balaban J connectivity index is 1.64. The summed E-state index contributed by atoms with van der Waals surface area (Å²) < 4.78 is 6.74. The van der Waals surface area contributed by atoms with Gasteiger partial charge in [0.15, 0.2) is 12.3 Å². The highest BCUT2D eigenvalue weighted by Crippen LogP contribution is 2.30. The zero-order valence-corrected chi connectivity index (χ0v) is 20.6. The second kappa shape index (κ2) is 10.8. The maximum atomic E-state index is 13.3.